The summed E-state index contributed by atoms with van der Waals surface area (Å²) in [6.07, 6.45) is 2.21. The Kier molecular flexibility index (Phi) is 5.82. The molecular weight excluding hydrogens is 380 g/mol. The molecule has 0 saturated carbocycles. The first-order valence-corrected chi connectivity index (χ1v) is 8.95. The third-order valence-corrected chi connectivity index (χ3v) is 4.51. The second-order valence-corrected chi connectivity index (χ2v) is 6.48. The van der Waals surface area contributed by atoms with Crippen LogP contribution in [0.3, 0.4) is 0 Å². The maximum Gasteiger partial charge on any atom is 0.285 e. The standard InChI is InChI=1S/C19H18N4O6/c24-16(12-22-18(26)14-5-1-2-6-15(14)19(22)27)20-9-3-4-10-21-11-13(23(28)29)7-8-17(21)25/h1-2,5-8,11H,3-4,9-10,12H2,(H,20,24). The number of pyridine rings is 1. The van der Waals surface area contributed by atoms with Crippen LogP contribution in [0.4, 0.5) is 5.69 Å². The topological polar surface area (TPSA) is 132 Å². The zero-order valence-corrected chi connectivity index (χ0v) is 15.4. The molecule has 0 radical (unpaired) electrons. The van der Waals surface area contributed by atoms with Gasteiger partial charge in [0.25, 0.3) is 23.1 Å². The van der Waals surface area contributed by atoms with Crippen LogP contribution in [0.25, 0.3) is 0 Å². The Bertz CT molecular complexity index is 1010. The summed E-state index contributed by atoms with van der Waals surface area (Å²) in [6.45, 7) is 0.192. The van der Waals surface area contributed by atoms with E-state index in [-0.39, 0.29) is 42.0 Å². The van der Waals surface area contributed by atoms with Gasteiger partial charge in [-0.15, -0.1) is 0 Å². The van der Waals surface area contributed by atoms with Gasteiger partial charge in [0.15, 0.2) is 0 Å². The second-order valence-electron chi connectivity index (χ2n) is 6.48. The molecule has 3 amide bonds. The number of nitrogens with zero attached hydrogens (tertiary/aromatic N) is 3. The van der Waals surface area contributed by atoms with Gasteiger partial charge in [-0.1, -0.05) is 12.1 Å². The lowest BCUT2D eigenvalue weighted by atomic mass is 10.1. The summed E-state index contributed by atoms with van der Waals surface area (Å²) in [5.74, 6) is -1.45. The van der Waals surface area contributed by atoms with E-state index in [1.807, 2.05) is 0 Å². The maximum atomic E-state index is 12.2. The molecule has 10 heteroatoms. The van der Waals surface area contributed by atoms with E-state index in [1.54, 1.807) is 24.3 Å². The Hall–Kier alpha value is -3.82. The average molecular weight is 398 g/mol. The van der Waals surface area contributed by atoms with Crippen molar-refractivity contribution in [2.45, 2.75) is 19.4 Å². The number of aryl methyl sites for hydroxylation is 1. The highest BCUT2D eigenvalue weighted by Gasteiger charge is 2.36. The van der Waals surface area contributed by atoms with Crippen molar-refractivity contribution in [1.82, 2.24) is 14.8 Å². The fourth-order valence-electron chi connectivity index (χ4n) is 3.02. The molecule has 2 heterocycles. The van der Waals surface area contributed by atoms with Crippen molar-refractivity contribution in [3.05, 3.63) is 74.2 Å². The van der Waals surface area contributed by atoms with Crippen LogP contribution in [0.2, 0.25) is 0 Å². The number of unbranched alkanes of at least 4 members (excludes halogenated alkanes) is 1. The number of imide groups is 1. The van der Waals surface area contributed by atoms with E-state index < -0.39 is 22.6 Å². The van der Waals surface area contributed by atoms with E-state index in [0.717, 1.165) is 17.0 Å². The van der Waals surface area contributed by atoms with Gasteiger partial charge in [0.1, 0.15) is 6.54 Å². The van der Waals surface area contributed by atoms with Gasteiger partial charge in [0, 0.05) is 25.2 Å². The number of hydrogen-bond acceptors (Lipinski definition) is 6. The molecule has 3 rings (SSSR count). The van der Waals surface area contributed by atoms with Crippen molar-refractivity contribution < 1.29 is 19.3 Å². The Morgan fingerprint density at radius 3 is 2.28 bits per heavy atom. The van der Waals surface area contributed by atoms with Gasteiger partial charge in [0.05, 0.1) is 22.2 Å². The minimum Gasteiger partial charge on any atom is -0.355 e. The van der Waals surface area contributed by atoms with Crippen LogP contribution >= 0.6 is 0 Å². The van der Waals surface area contributed by atoms with Crippen LogP contribution in [0.1, 0.15) is 33.6 Å². The number of fused-ring (bicyclic) bond motifs is 1. The summed E-state index contributed by atoms with van der Waals surface area (Å²) in [5, 5.41) is 13.4. The predicted molar refractivity (Wildman–Crippen MR) is 101 cm³/mol. The maximum absolute atomic E-state index is 12.2. The number of aromatic nitrogens is 1. The Morgan fingerprint density at radius 2 is 1.66 bits per heavy atom. The van der Waals surface area contributed by atoms with Crippen molar-refractivity contribution in [3.63, 3.8) is 0 Å². The first-order chi connectivity index (χ1) is 13.9. The van der Waals surface area contributed by atoms with Gasteiger partial charge >= 0.3 is 0 Å². The van der Waals surface area contributed by atoms with Crippen molar-refractivity contribution in [2.75, 3.05) is 13.1 Å². The van der Waals surface area contributed by atoms with Gasteiger partial charge in [-0.05, 0) is 25.0 Å². The molecule has 1 N–H and O–H groups in total. The number of nitrogens with one attached hydrogen (secondary N) is 1. The largest absolute Gasteiger partial charge is 0.355 e. The lowest BCUT2D eigenvalue weighted by Gasteiger charge is -2.13. The molecule has 0 fully saturated rings. The molecule has 1 aromatic heterocycles. The zero-order valence-electron chi connectivity index (χ0n) is 15.4. The summed E-state index contributed by atoms with van der Waals surface area (Å²) in [5.41, 5.74) is 0.0597. The van der Waals surface area contributed by atoms with Gasteiger partial charge in [-0.3, -0.25) is 34.2 Å². The summed E-state index contributed by atoms with van der Waals surface area (Å²) in [6, 6.07) is 8.69. The molecular formula is C19H18N4O6. The summed E-state index contributed by atoms with van der Waals surface area (Å²) in [4.78, 5) is 59.3. The Balaban J connectivity index is 1.44. The zero-order chi connectivity index (χ0) is 21.0. The highest BCUT2D eigenvalue weighted by molar-refractivity contribution is 6.22. The molecule has 0 aliphatic carbocycles. The predicted octanol–water partition coefficient (Wildman–Crippen LogP) is 0.949. The van der Waals surface area contributed by atoms with Crippen LogP contribution in [-0.2, 0) is 11.3 Å². The fraction of sp³-hybridized carbons (Fsp3) is 0.263. The molecule has 1 aromatic carbocycles. The fourth-order valence-corrected chi connectivity index (χ4v) is 3.02. The summed E-state index contributed by atoms with van der Waals surface area (Å²) >= 11 is 0. The van der Waals surface area contributed by atoms with Crippen LogP contribution in [-0.4, -0.2) is 45.2 Å². The number of carbonyl (C=O) groups excluding carboxylic acids is 3. The van der Waals surface area contributed by atoms with Crippen LogP contribution in [0, 0.1) is 10.1 Å². The molecule has 2 aromatic rings. The molecule has 10 nitrogen and oxygen atoms in total. The molecule has 0 spiro atoms. The smallest absolute Gasteiger partial charge is 0.285 e. The SMILES string of the molecule is O=C(CN1C(=O)c2ccccc2C1=O)NCCCCn1cc([N+](=O)[O-])ccc1=O. The summed E-state index contributed by atoms with van der Waals surface area (Å²) in [7, 11) is 0. The monoisotopic (exact) mass is 398 g/mol. The number of benzene rings is 1. The molecule has 1 aliphatic heterocycles. The first kappa shape index (κ1) is 19.9. The molecule has 0 atom stereocenters. The second kappa shape index (κ2) is 8.46. The van der Waals surface area contributed by atoms with Gasteiger partial charge in [0.2, 0.25) is 5.91 Å². The molecule has 150 valence electrons. The highest BCUT2D eigenvalue weighted by atomic mass is 16.6. The van der Waals surface area contributed by atoms with Gasteiger partial charge < -0.3 is 9.88 Å². The third kappa shape index (κ3) is 4.37. The van der Waals surface area contributed by atoms with Gasteiger partial charge in [-0.25, -0.2) is 0 Å². The number of amides is 3. The lowest BCUT2D eigenvalue weighted by molar-refractivity contribution is -0.385. The van der Waals surface area contributed by atoms with Crippen molar-refractivity contribution in [3.8, 4) is 0 Å². The minimum absolute atomic E-state index is 0.168. The van der Waals surface area contributed by atoms with Crippen LogP contribution in [0.5, 0.6) is 0 Å². The lowest BCUT2D eigenvalue weighted by Crippen LogP contribution is -2.40. The van der Waals surface area contributed by atoms with E-state index in [0.29, 0.717) is 12.8 Å². The minimum atomic E-state index is -0.574. The molecule has 0 saturated heterocycles. The van der Waals surface area contributed by atoms with Gasteiger partial charge in [-0.2, -0.15) is 0 Å². The number of hydrogen-bond donors (Lipinski definition) is 1. The van der Waals surface area contributed by atoms with Crippen molar-refractivity contribution in [2.24, 2.45) is 0 Å². The van der Waals surface area contributed by atoms with Crippen LogP contribution in [0.15, 0.2) is 47.4 Å². The number of rotatable bonds is 8. The van der Waals surface area contributed by atoms with Crippen molar-refractivity contribution >= 4 is 23.4 Å². The number of nitro groups is 1. The average Bonchev–Trinajstić information content (AvgIpc) is 2.94. The third-order valence-electron chi connectivity index (χ3n) is 4.51. The molecule has 29 heavy (non-hydrogen) atoms. The quantitative estimate of drug-likeness (QED) is 0.305. The van der Waals surface area contributed by atoms with E-state index in [4.69, 9.17) is 0 Å². The van der Waals surface area contributed by atoms with E-state index in [9.17, 15) is 29.3 Å². The molecule has 0 unspecified atom stereocenters. The molecule has 0 bridgehead atoms. The van der Waals surface area contributed by atoms with E-state index >= 15 is 0 Å². The normalized spacial score (nSPS) is 12.8. The van der Waals surface area contributed by atoms with E-state index in [2.05, 4.69) is 5.32 Å². The van der Waals surface area contributed by atoms with Crippen molar-refractivity contribution in [1.29, 1.82) is 0 Å². The van der Waals surface area contributed by atoms with E-state index in [1.165, 1.54) is 10.8 Å². The molecule has 1 aliphatic rings. The summed E-state index contributed by atoms with van der Waals surface area (Å²) < 4.78 is 1.25. The van der Waals surface area contributed by atoms with Crippen LogP contribution < -0.4 is 10.9 Å². The Morgan fingerprint density at radius 1 is 1.00 bits per heavy atom. The first-order valence-electron chi connectivity index (χ1n) is 8.95. The highest BCUT2D eigenvalue weighted by Crippen LogP contribution is 2.21. The number of carbonyl (C=O) groups is 3. The Labute approximate surface area is 164 Å².